The number of nitriles is 1. The van der Waals surface area contributed by atoms with E-state index in [0.717, 1.165) is 0 Å². The van der Waals surface area contributed by atoms with Crippen LogP contribution in [0.1, 0.15) is 82.6 Å². The summed E-state index contributed by atoms with van der Waals surface area (Å²) in [6, 6.07) is 8.44. The lowest BCUT2D eigenvalue weighted by molar-refractivity contribution is -0.211. The van der Waals surface area contributed by atoms with Crippen LogP contribution in [0, 0.1) is 23.2 Å². The Balaban J connectivity index is 1.48. The van der Waals surface area contributed by atoms with Gasteiger partial charge in [-0.25, -0.2) is 4.79 Å². The van der Waals surface area contributed by atoms with Crippen LogP contribution in [-0.2, 0) is 23.8 Å². The highest BCUT2D eigenvalue weighted by Gasteiger charge is 2.35. The highest BCUT2D eigenvalue weighted by molar-refractivity contribution is 5.98. The van der Waals surface area contributed by atoms with Gasteiger partial charge in [0.25, 0.3) is 0 Å². The maximum absolute atomic E-state index is 13.0. The van der Waals surface area contributed by atoms with Gasteiger partial charge in [0.2, 0.25) is 12.2 Å². The van der Waals surface area contributed by atoms with Crippen molar-refractivity contribution in [2.75, 3.05) is 26.2 Å². The molecule has 0 aliphatic carbocycles. The predicted octanol–water partition coefficient (Wildman–Crippen LogP) is 4.31. The summed E-state index contributed by atoms with van der Waals surface area (Å²) in [6.07, 6.45) is 1.30. The highest BCUT2D eigenvalue weighted by Crippen LogP contribution is 2.28. The molecule has 0 bridgehead atoms. The average molecular weight is 556 g/mol. The fourth-order valence-corrected chi connectivity index (χ4v) is 5.01. The number of amides is 2. The number of carbonyl (C=O) groups excluding carboxylic acids is 4. The van der Waals surface area contributed by atoms with E-state index in [1.165, 1.54) is 6.92 Å². The molecule has 10 heteroatoms. The number of hydrogen-bond donors (Lipinski definition) is 0. The van der Waals surface area contributed by atoms with Crippen LogP contribution in [0.2, 0.25) is 0 Å². The van der Waals surface area contributed by atoms with Gasteiger partial charge in [0.1, 0.15) is 5.60 Å². The van der Waals surface area contributed by atoms with Gasteiger partial charge in [0.05, 0.1) is 17.7 Å². The third-order valence-corrected chi connectivity index (χ3v) is 7.19. The Hall–Kier alpha value is -3.45. The first kappa shape index (κ1) is 31.1. The first-order chi connectivity index (χ1) is 18.9. The molecule has 2 atom stereocenters. The standard InChI is InChI=1S/C30H41N3O7/c1-20(18-26(35)23-8-6-22(19-31)7-9-23)27(36)32-16-12-25(13-17-32)39-28(38-21(2)34)24-10-14-33(15-11-24)29(37)40-30(3,4)5/h6-9,20,24-25,28H,10-18H2,1-5H3/t20?,28-/m0/s1. The van der Waals surface area contributed by atoms with E-state index in [-0.39, 0.29) is 36.2 Å². The summed E-state index contributed by atoms with van der Waals surface area (Å²) in [6.45, 7) is 10.6. The Morgan fingerprint density at radius 3 is 2.08 bits per heavy atom. The number of rotatable bonds is 8. The Kier molecular flexibility index (Phi) is 10.7. The zero-order valence-corrected chi connectivity index (χ0v) is 24.2. The Bertz CT molecular complexity index is 1090. The van der Waals surface area contributed by atoms with E-state index in [1.807, 2.05) is 26.8 Å². The van der Waals surface area contributed by atoms with Crippen molar-refractivity contribution >= 4 is 23.8 Å². The molecular formula is C30H41N3O7. The molecule has 2 amide bonds. The summed E-state index contributed by atoms with van der Waals surface area (Å²) in [4.78, 5) is 53.3. The minimum atomic E-state index is -0.713. The lowest BCUT2D eigenvalue weighted by Gasteiger charge is -2.39. The van der Waals surface area contributed by atoms with E-state index in [1.54, 1.807) is 41.0 Å². The zero-order valence-electron chi connectivity index (χ0n) is 24.2. The van der Waals surface area contributed by atoms with Crippen LogP contribution < -0.4 is 0 Å². The van der Waals surface area contributed by atoms with E-state index in [4.69, 9.17) is 19.5 Å². The van der Waals surface area contributed by atoms with Crippen LogP contribution in [-0.4, -0.2) is 77.7 Å². The third-order valence-electron chi connectivity index (χ3n) is 7.19. The van der Waals surface area contributed by atoms with Crippen LogP contribution in [0.3, 0.4) is 0 Å². The van der Waals surface area contributed by atoms with Gasteiger partial charge in [0.15, 0.2) is 5.78 Å². The molecule has 2 aliphatic heterocycles. The van der Waals surface area contributed by atoms with Crippen LogP contribution in [0.5, 0.6) is 0 Å². The molecule has 10 nitrogen and oxygen atoms in total. The molecule has 2 fully saturated rings. The molecule has 218 valence electrons. The number of Topliss-reactive ketones (excluding diaryl/α,β-unsaturated/α-hetero) is 1. The molecule has 2 heterocycles. The molecule has 0 aromatic heterocycles. The summed E-state index contributed by atoms with van der Waals surface area (Å²) in [5.41, 5.74) is 0.401. The van der Waals surface area contributed by atoms with Crippen molar-refractivity contribution in [1.29, 1.82) is 5.26 Å². The molecule has 0 saturated carbocycles. The summed E-state index contributed by atoms with van der Waals surface area (Å²) >= 11 is 0. The number of piperidine rings is 2. The maximum atomic E-state index is 13.0. The molecule has 2 saturated heterocycles. The number of nitrogens with zero attached hydrogens (tertiary/aromatic N) is 3. The molecule has 0 spiro atoms. The molecule has 0 radical (unpaired) electrons. The maximum Gasteiger partial charge on any atom is 0.410 e. The largest absolute Gasteiger partial charge is 0.444 e. The van der Waals surface area contributed by atoms with Crippen molar-refractivity contribution in [1.82, 2.24) is 9.80 Å². The quantitative estimate of drug-likeness (QED) is 0.264. The van der Waals surface area contributed by atoms with Gasteiger partial charge in [0, 0.05) is 56.9 Å². The number of esters is 1. The summed E-state index contributed by atoms with van der Waals surface area (Å²) in [5, 5.41) is 8.93. The van der Waals surface area contributed by atoms with Crippen molar-refractivity contribution < 1.29 is 33.4 Å². The van der Waals surface area contributed by atoms with Crippen LogP contribution in [0.25, 0.3) is 0 Å². The Labute approximate surface area is 236 Å². The van der Waals surface area contributed by atoms with E-state index in [0.29, 0.717) is 63.0 Å². The SMILES string of the molecule is CC(=O)O[C@@H](OC1CCN(C(=O)C(C)CC(=O)c2ccc(C#N)cc2)CC1)C1CCN(C(=O)OC(C)(C)C)CC1. The molecule has 40 heavy (non-hydrogen) atoms. The Morgan fingerprint density at radius 2 is 1.55 bits per heavy atom. The van der Waals surface area contributed by atoms with Gasteiger partial charge in [-0.2, -0.15) is 5.26 Å². The second-order valence-electron chi connectivity index (χ2n) is 11.7. The van der Waals surface area contributed by atoms with Gasteiger partial charge < -0.3 is 24.0 Å². The number of ketones is 1. The molecule has 0 N–H and O–H groups in total. The molecule has 1 aromatic carbocycles. The van der Waals surface area contributed by atoms with Gasteiger partial charge in [-0.3, -0.25) is 14.4 Å². The second kappa shape index (κ2) is 13.8. The number of hydrogen-bond acceptors (Lipinski definition) is 8. The van der Waals surface area contributed by atoms with Gasteiger partial charge in [-0.1, -0.05) is 19.1 Å². The van der Waals surface area contributed by atoms with Crippen LogP contribution >= 0.6 is 0 Å². The fraction of sp³-hybridized carbons (Fsp3) is 0.633. The third kappa shape index (κ3) is 9.05. The lowest BCUT2D eigenvalue weighted by atomic mass is 9.95. The normalized spacial score (nSPS) is 18.4. The first-order valence-electron chi connectivity index (χ1n) is 14.0. The highest BCUT2D eigenvalue weighted by atomic mass is 16.7. The Morgan fingerprint density at radius 1 is 0.975 bits per heavy atom. The van der Waals surface area contributed by atoms with Crippen molar-refractivity contribution in [3.05, 3.63) is 35.4 Å². The van der Waals surface area contributed by atoms with E-state index in [2.05, 4.69) is 0 Å². The van der Waals surface area contributed by atoms with Gasteiger partial charge in [-0.05, 0) is 58.6 Å². The van der Waals surface area contributed by atoms with Gasteiger partial charge in [-0.15, -0.1) is 0 Å². The summed E-state index contributed by atoms with van der Waals surface area (Å²) < 4.78 is 17.3. The van der Waals surface area contributed by atoms with Crippen molar-refractivity contribution in [3.63, 3.8) is 0 Å². The number of likely N-dealkylation sites (tertiary alicyclic amines) is 2. The molecule has 3 rings (SSSR count). The smallest absolute Gasteiger partial charge is 0.410 e. The number of benzene rings is 1. The van der Waals surface area contributed by atoms with Crippen LogP contribution in [0.4, 0.5) is 4.79 Å². The van der Waals surface area contributed by atoms with Crippen molar-refractivity contribution in [3.8, 4) is 6.07 Å². The first-order valence-corrected chi connectivity index (χ1v) is 14.0. The number of carbonyl (C=O) groups is 4. The zero-order chi connectivity index (χ0) is 29.4. The van der Waals surface area contributed by atoms with Crippen LogP contribution in [0.15, 0.2) is 24.3 Å². The topological polar surface area (TPSA) is 126 Å². The molecule has 2 aliphatic rings. The van der Waals surface area contributed by atoms with Gasteiger partial charge >= 0.3 is 12.1 Å². The van der Waals surface area contributed by atoms with Crippen molar-refractivity contribution in [2.45, 2.75) is 84.7 Å². The minimum absolute atomic E-state index is 0.0458. The average Bonchev–Trinajstić information content (AvgIpc) is 2.91. The van der Waals surface area contributed by atoms with E-state index >= 15 is 0 Å². The summed E-state index contributed by atoms with van der Waals surface area (Å²) in [5.74, 6) is -1.15. The van der Waals surface area contributed by atoms with E-state index in [9.17, 15) is 19.2 Å². The number of ether oxygens (including phenoxy) is 3. The second-order valence-corrected chi connectivity index (χ2v) is 11.7. The van der Waals surface area contributed by atoms with E-state index < -0.39 is 23.8 Å². The molecule has 1 unspecified atom stereocenters. The molecule has 1 aromatic rings. The predicted molar refractivity (Wildman–Crippen MR) is 146 cm³/mol. The summed E-state index contributed by atoms with van der Waals surface area (Å²) in [7, 11) is 0. The molecular weight excluding hydrogens is 514 g/mol. The fourth-order valence-electron chi connectivity index (χ4n) is 5.01. The minimum Gasteiger partial charge on any atom is -0.444 e. The monoisotopic (exact) mass is 555 g/mol. The lowest BCUT2D eigenvalue weighted by Crippen LogP contribution is -2.47. The van der Waals surface area contributed by atoms with Crippen molar-refractivity contribution in [2.24, 2.45) is 11.8 Å².